The molecule has 0 amide bonds. The van der Waals surface area contributed by atoms with Gasteiger partial charge in [0.25, 0.3) is 0 Å². The number of rotatable bonds is 6. The molecule has 2 aliphatic rings. The van der Waals surface area contributed by atoms with Crippen LogP contribution in [0.15, 0.2) is 66.7 Å². The van der Waals surface area contributed by atoms with Gasteiger partial charge in [-0.2, -0.15) is 9.97 Å². The summed E-state index contributed by atoms with van der Waals surface area (Å²) in [6, 6.07) is 23.2. The summed E-state index contributed by atoms with van der Waals surface area (Å²) in [5.74, 6) is 3.75. The van der Waals surface area contributed by atoms with Crippen molar-refractivity contribution in [3.8, 4) is 0 Å². The van der Waals surface area contributed by atoms with E-state index in [-0.39, 0.29) is 6.04 Å². The van der Waals surface area contributed by atoms with Gasteiger partial charge >= 0.3 is 0 Å². The van der Waals surface area contributed by atoms with Gasteiger partial charge in [-0.15, -0.1) is 0 Å². The SMILES string of the molecule is C[C@@H]1C[C@H](C)CN(c2cc(N3CCN(c4ccccc4)CC3)nc(NC(=S)N[C@H](C)c3ccccc3)n2)C1. The van der Waals surface area contributed by atoms with E-state index in [4.69, 9.17) is 22.2 Å². The van der Waals surface area contributed by atoms with Crippen LogP contribution in [0.5, 0.6) is 0 Å². The van der Waals surface area contributed by atoms with Crippen molar-refractivity contribution in [1.29, 1.82) is 0 Å². The van der Waals surface area contributed by atoms with Crippen molar-refractivity contribution < 1.29 is 0 Å². The van der Waals surface area contributed by atoms with E-state index in [2.05, 4.69) is 94.6 Å². The summed E-state index contributed by atoms with van der Waals surface area (Å²) in [5.41, 5.74) is 2.46. The van der Waals surface area contributed by atoms with Gasteiger partial charge in [-0.25, -0.2) is 0 Å². The quantitative estimate of drug-likeness (QED) is 0.416. The molecule has 2 aromatic carbocycles. The van der Waals surface area contributed by atoms with Crippen LogP contribution in [0, 0.1) is 11.8 Å². The summed E-state index contributed by atoms with van der Waals surface area (Å²) >= 11 is 5.68. The van der Waals surface area contributed by atoms with Gasteiger partial charge in [0.2, 0.25) is 5.95 Å². The molecular weight excluding hydrogens is 490 g/mol. The normalized spacial score (nSPS) is 20.7. The third-order valence-corrected chi connectivity index (χ3v) is 7.71. The van der Waals surface area contributed by atoms with Crippen LogP contribution in [0.3, 0.4) is 0 Å². The second kappa shape index (κ2) is 12.0. The lowest BCUT2D eigenvalue weighted by Gasteiger charge is -2.38. The molecule has 7 nitrogen and oxygen atoms in total. The molecule has 2 fully saturated rings. The number of hydrogen-bond acceptors (Lipinski definition) is 6. The maximum atomic E-state index is 5.68. The van der Waals surface area contributed by atoms with Gasteiger partial charge in [0.15, 0.2) is 5.11 Å². The molecule has 2 N–H and O–H groups in total. The first-order chi connectivity index (χ1) is 18.4. The van der Waals surface area contributed by atoms with Crippen LogP contribution in [0.2, 0.25) is 0 Å². The second-order valence-electron chi connectivity index (χ2n) is 10.8. The van der Waals surface area contributed by atoms with Crippen molar-refractivity contribution in [2.75, 3.05) is 59.3 Å². The van der Waals surface area contributed by atoms with Gasteiger partial charge in [-0.3, -0.25) is 0 Å². The fourth-order valence-corrected chi connectivity index (χ4v) is 5.91. The Balaban J connectivity index is 1.34. The van der Waals surface area contributed by atoms with Crippen LogP contribution in [0.25, 0.3) is 0 Å². The number of anilines is 4. The molecule has 5 rings (SSSR count). The van der Waals surface area contributed by atoms with Crippen LogP contribution in [0.1, 0.15) is 38.8 Å². The molecule has 2 saturated heterocycles. The Morgan fingerprint density at radius 2 is 1.37 bits per heavy atom. The minimum Gasteiger partial charge on any atom is -0.368 e. The number of aromatic nitrogens is 2. The average molecular weight is 530 g/mol. The Morgan fingerprint density at radius 3 is 2.00 bits per heavy atom. The number of piperidine rings is 1. The van der Waals surface area contributed by atoms with Crippen molar-refractivity contribution in [3.05, 3.63) is 72.3 Å². The Labute approximate surface area is 232 Å². The number of thiocarbonyl (C=S) groups is 1. The fourth-order valence-electron chi connectivity index (χ4n) is 5.64. The number of piperazine rings is 1. The molecule has 200 valence electrons. The molecule has 3 atom stereocenters. The zero-order chi connectivity index (χ0) is 26.5. The van der Waals surface area contributed by atoms with Crippen LogP contribution in [0.4, 0.5) is 23.3 Å². The third kappa shape index (κ3) is 6.54. The van der Waals surface area contributed by atoms with Gasteiger partial charge < -0.3 is 25.3 Å². The van der Waals surface area contributed by atoms with Crippen molar-refractivity contribution >= 4 is 40.6 Å². The van der Waals surface area contributed by atoms with Gasteiger partial charge in [0.1, 0.15) is 11.6 Å². The lowest BCUT2D eigenvalue weighted by atomic mass is 9.92. The van der Waals surface area contributed by atoms with Crippen LogP contribution in [-0.4, -0.2) is 54.3 Å². The summed E-state index contributed by atoms with van der Waals surface area (Å²) in [6.07, 6.45) is 1.26. The van der Waals surface area contributed by atoms with Crippen molar-refractivity contribution in [2.24, 2.45) is 11.8 Å². The molecular formula is C30H39N7S. The minimum absolute atomic E-state index is 0.0775. The predicted molar refractivity (Wildman–Crippen MR) is 162 cm³/mol. The molecule has 3 aromatic rings. The highest BCUT2D eigenvalue weighted by atomic mass is 32.1. The summed E-state index contributed by atoms with van der Waals surface area (Å²) in [7, 11) is 0. The first-order valence-electron chi connectivity index (χ1n) is 13.8. The molecule has 0 unspecified atom stereocenters. The van der Waals surface area contributed by atoms with E-state index in [0.29, 0.717) is 22.9 Å². The van der Waals surface area contributed by atoms with E-state index in [1.165, 1.54) is 17.7 Å². The van der Waals surface area contributed by atoms with Gasteiger partial charge in [0, 0.05) is 51.0 Å². The molecule has 38 heavy (non-hydrogen) atoms. The van der Waals surface area contributed by atoms with Gasteiger partial charge in [-0.05, 0) is 55.1 Å². The highest BCUT2D eigenvalue weighted by Crippen LogP contribution is 2.29. The first kappa shape index (κ1) is 26.2. The predicted octanol–water partition coefficient (Wildman–Crippen LogP) is 5.33. The number of hydrogen-bond donors (Lipinski definition) is 2. The number of nitrogens with zero attached hydrogens (tertiary/aromatic N) is 5. The van der Waals surface area contributed by atoms with Gasteiger partial charge in [0.05, 0.1) is 6.04 Å². The Bertz CT molecular complexity index is 1190. The summed E-state index contributed by atoms with van der Waals surface area (Å²) in [5, 5.41) is 7.21. The van der Waals surface area contributed by atoms with E-state index in [1.807, 2.05) is 18.2 Å². The zero-order valence-corrected chi connectivity index (χ0v) is 23.5. The van der Waals surface area contributed by atoms with E-state index >= 15 is 0 Å². The average Bonchev–Trinajstić information content (AvgIpc) is 2.93. The largest absolute Gasteiger partial charge is 0.368 e. The maximum Gasteiger partial charge on any atom is 0.232 e. The standard InChI is InChI=1S/C30H39N7S/c1-22-18-23(2)21-37(20-22)28-19-27(36-16-14-35(15-17-36)26-12-8-5-9-13-26)32-29(33-28)34-30(38)31-24(3)25-10-6-4-7-11-25/h4-13,19,22-24H,14-18,20-21H2,1-3H3,(H2,31,32,33,34,38)/t22-,23+,24-/m1/s1. The number of nitrogens with one attached hydrogen (secondary N) is 2. The molecule has 1 aromatic heterocycles. The lowest BCUT2D eigenvalue weighted by molar-refractivity contribution is 0.355. The van der Waals surface area contributed by atoms with E-state index in [9.17, 15) is 0 Å². The Hall–Kier alpha value is -3.39. The molecule has 0 radical (unpaired) electrons. The molecule has 0 spiro atoms. The van der Waals surface area contributed by atoms with E-state index in [1.54, 1.807) is 0 Å². The summed E-state index contributed by atoms with van der Waals surface area (Å²) in [6.45, 7) is 12.5. The fraction of sp³-hybridized carbons (Fsp3) is 0.433. The molecule has 0 bridgehead atoms. The van der Waals surface area contributed by atoms with Gasteiger partial charge in [-0.1, -0.05) is 62.4 Å². The van der Waals surface area contributed by atoms with Crippen LogP contribution in [-0.2, 0) is 0 Å². The summed E-state index contributed by atoms with van der Waals surface area (Å²) in [4.78, 5) is 17.1. The molecule has 0 saturated carbocycles. The van der Waals surface area contributed by atoms with E-state index < -0.39 is 0 Å². The highest BCUT2D eigenvalue weighted by Gasteiger charge is 2.26. The molecule has 3 heterocycles. The molecule has 0 aliphatic carbocycles. The summed E-state index contributed by atoms with van der Waals surface area (Å²) < 4.78 is 0. The highest BCUT2D eigenvalue weighted by molar-refractivity contribution is 7.80. The maximum absolute atomic E-state index is 5.68. The number of para-hydroxylation sites is 1. The van der Waals surface area contributed by atoms with Crippen molar-refractivity contribution in [1.82, 2.24) is 15.3 Å². The Kier molecular flexibility index (Phi) is 8.27. The first-order valence-corrected chi connectivity index (χ1v) is 14.2. The van der Waals surface area contributed by atoms with Crippen LogP contribution < -0.4 is 25.3 Å². The third-order valence-electron chi connectivity index (χ3n) is 7.49. The van der Waals surface area contributed by atoms with Crippen molar-refractivity contribution in [2.45, 2.75) is 33.2 Å². The topological polar surface area (TPSA) is 59.6 Å². The van der Waals surface area contributed by atoms with Crippen LogP contribution >= 0.6 is 12.2 Å². The zero-order valence-electron chi connectivity index (χ0n) is 22.7. The smallest absolute Gasteiger partial charge is 0.232 e. The molecule has 2 aliphatic heterocycles. The monoisotopic (exact) mass is 529 g/mol. The second-order valence-corrected chi connectivity index (χ2v) is 11.2. The van der Waals surface area contributed by atoms with E-state index in [0.717, 1.165) is 50.9 Å². The molecule has 8 heteroatoms. The lowest BCUT2D eigenvalue weighted by Crippen LogP contribution is -2.47. The van der Waals surface area contributed by atoms with Crippen molar-refractivity contribution in [3.63, 3.8) is 0 Å². The Morgan fingerprint density at radius 1 is 0.816 bits per heavy atom. The number of benzene rings is 2. The minimum atomic E-state index is 0.0775.